The third-order valence-corrected chi connectivity index (χ3v) is 3.88. The van der Waals surface area contributed by atoms with Crippen LogP contribution in [0.1, 0.15) is 25.3 Å². The third kappa shape index (κ3) is 3.70. The molecule has 1 aliphatic heterocycles. The SMILES string of the molecule is CCn1cc(NC(=O)NCc2ccc(N3CCCC3=O)cc2)nn1. The van der Waals surface area contributed by atoms with E-state index < -0.39 is 0 Å². The van der Waals surface area contributed by atoms with E-state index in [0.29, 0.717) is 25.3 Å². The summed E-state index contributed by atoms with van der Waals surface area (Å²) in [4.78, 5) is 25.4. The van der Waals surface area contributed by atoms with Crippen molar-refractivity contribution >= 4 is 23.4 Å². The van der Waals surface area contributed by atoms with Crippen LogP contribution in [0.15, 0.2) is 30.5 Å². The maximum absolute atomic E-state index is 11.9. The van der Waals surface area contributed by atoms with Gasteiger partial charge in [0.15, 0.2) is 5.82 Å². The lowest BCUT2D eigenvalue weighted by molar-refractivity contribution is -0.117. The number of carbonyl (C=O) groups excluding carboxylic acids is 2. The van der Waals surface area contributed by atoms with Crippen LogP contribution in [0.25, 0.3) is 0 Å². The maximum atomic E-state index is 11.9. The van der Waals surface area contributed by atoms with Crippen LogP contribution in [0.3, 0.4) is 0 Å². The highest BCUT2D eigenvalue weighted by molar-refractivity contribution is 5.95. The Labute approximate surface area is 139 Å². The van der Waals surface area contributed by atoms with Crippen molar-refractivity contribution < 1.29 is 9.59 Å². The van der Waals surface area contributed by atoms with E-state index in [1.807, 2.05) is 31.2 Å². The lowest BCUT2D eigenvalue weighted by atomic mass is 10.2. The highest BCUT2D eigenvalue weighted by atomic mass is 16.2. The number of aromatic nitrogens is 3. The van der Waals surface area contributed by atoms with Crippen molar-refractivity contribution in [2.45, 2.75) is 32.9 Å². The second-order valence-electron chi connectivity index (χ2n) is 5.58. The number of carbonyl (C=O) groups is 2. The number of nitrogens with one attached hydrogen (secondary N) is 2. The number of hydrogen-bond donors (Lipinski definition) is 2. The fourth-order valence-corrected chi connectivity index (χ4v) is 2.57. The van der Waals surface area contributed by atoms with Gasteiger partial charge in [-0.25, -0.2) is 4.79 Å². The Balaban J connectivity index is 1.50. The Bertz CT molecular complexity index is 724. The van der Waals surface area contributed by atoms with Gasteiger partial charge < -0.3 is 10.2 Å². The zero-order valence-electron chi connectivity index (χ0n) is 13.5. The van der Waals surface area contributed by atoms with E-state index in [4.69, 9.17) is 0 Å². The van der Waals surface area contributed by atoms with Crippen LogP contribution >= 0.6 is 0 Å². The molecule has 0 bridgehead atoms. The molecule has 1 aromatic carbocycles. The normalized spacial score (nSPS) is 14.0. The molecule has 0 saturated carbocycles. The molecule has 0 atom stereocenters. The number of urea groups is 1. The largest absolute Gasteiger partial charge is 0.334 e. The Morgan fingerprint density at radius 3 is 2.71 bits per heavy atom. The standard InChI is InChI=1S/C16H20N6O2/c1-2-21-11-14(19-20-21)18-16(24)17-10-12-5-7-13(8-6-12)22-9-3-4-15(22)23/h5-8,11H,2-4,9-10H2,1H3,(H2,17,18,24). The molecule has 0 unspecified atom stereocenters. The molecule has 2 heterocycles. The molecule has 2 aromatic rings. The molecular formula is C16H20N6O2. The van der Waals surface area contributed by atoms with Crippen LogP contribution in [0, 0.1) is 0 Å². The van der Waals surface area contributed by atoms with Gasteiger partial charge in [-0.05, 0) is 31.0 Å². The van der Waals surface area contributed by atoms with Gasteiger partial charge in [0, 0.05) is 31.7 Å². The Hall–Kier alpha value is -2.90. The van der Waals surface area contributed by atoms with E-state index in [1.165, 1.54) is 0 Å². The van der Waals surface area contributed by atoms with Crippen LogP contribution in [-0.2, 0) is 17.9 Å². The van der Waals surface area contributed by atoms with Crippen molar-refractivity contribution in [1.29, 1.82) is 0 Å². The number of hydrogen-bond acceptors (Lipinski definition) is 4. The smallest absolute Gasteiger partial charge is 0.320 e. The first-order valence-corrected chi connectivity index (χ1v) is 8.00. The number of nitrogens with zero attached hydrogens (tertiary/aromatic N) is 4. The summed E-state index contributed by atoms with van der Waals surface area (Å²) >= 11 is 0. The minimum atomic E-state index is -0.336. The average Bonchev–Trinajstić information content (AvgIpc) is 3.22. The van der Waals surface area contributed by atoms with Crippen LogP contribution < -0.4 is 15.5 Å². The van der Waals surface area contributed by atoms with Gasteiger partial charge in [-0.1, -0.05) is 17.3 Å². The minimum absolute atomic E-state index is 0.167. The van der Waals surface area contributed by atoms with Gasteiger partial charge >= 0.3 is 6.03 Å². The van der Waals surface area contributed by atoms with E-state index in [1.54, 1.807) is 15.8 Å². The summed E-state index contributed by atoms with van der Waals surface area (Å²) in [7, 11) is 0. The molecule has 8 heteroatoms. The van der Waals surface area contributed by atoms with E-state index in [-0.39, 0.29) is 11.9 Å². The molecule has 2 N–H and O–H groups in total. The second-order valence-corrected chi connectivity index (χ2v) is 5.58. The van der Waals surface area contributed by atoms with E-state index in [9.17, 15) is 9.59 Å². The number of anilines is 2. The second kappa shape index (κ2) is 7.12. The summed E-state index contributed by atoms with van der Waals surface area (Å²) in [6.07, 6.45) is 3.19. The van der Waals surface area contributed by atoms with Crippen molar-refractivity contribution in [3.8, 4) is 0 Å². The molecular weight excluding hydrogens is 308 g/mol. The predicted octanol–water partition coefficient (Wildman–Crippen LogP) is 1.75. The van der Waals surface area contributed by atoms with Crippen molar-refractivity contribution in [3.05, 3.63) is 36.0 Å². The van der Waals surface area contributed by atoms with Crippen LogP contribution in [-0.4, -0.2) is 33.5 Å². The summed E-state index contributed by atoms with van der Waals surface area (Å²) in [6.45, 7) is 3.80. The first-order valence-electron chi connectivity index (χ1n) is 8.00. The molecule has 1 fully saturated rings. The van der Waals surface area contributed by atoms with Crippen LogP contribution in [0.2, 0.25) is 0 Å². The molecule has 3 rings (SSSR count). The lowest BCUT2D eigenvalue weighted by Gasteiger charge is -2.16. The van der Waals surface area contributed by atoms with E-state index >= 15 is 0 Å². The molecule has 0 spiro atoms. The van der Waals surface area contributed by atoms with Crippen LogP contribution in [0.4, 0.5) is 16.3 Å². The van der Waals surface area contributed by atoms with Gasteiger partial charge in [0.1, 0.15) is 0 Å². The van der Waals surface area contributed by atoms with Gasteiger partial charge in [-0.2, -0.15) is 0 Å². The monoisotopic (exact) mass is 328 g/mol. The molecule has 3 amide bonds. The first-order chi connectivity index (χ1) is 11.7. The summed E-state index contributed by atoms with van der Waals surface area (Å²) < 4.78 is 1.63. The van der Waals surface area contributed by atoms with Gasteiger partial charge in [-0.3, -0.25) is 14.8 Å². The number of amides is 3. The van der Waals surface area contributed by atoms with Gasteiger partial charge in [0.25, 0.3) is 0 Å². The zero-order valence-corrected chi connectivity index (χ0v) is 13.5. The summed E-state index contributed by atoms with van der Waals surface area (Å²) in [5.74, 6) is 0.581. The molecule has 126 valence electrons. The number of benzene rings is 1. The topological polar surface area (TPSA) is 92.2 Å². The Morgan fingerprint density at radius 2 is 2.08 bits per heavy atom. The van der Waals surface area contributed by atoms with Crippen molar-refractivity contribution in [1.82, 2.24) is 20.3 Å². The molecule has 24 heavy (non-hydrogen) atoms. The summed E-state index contributed by atoms with van der Waals surface area (Å²) in [5, 5.41) is 13.1. The predicted molar refractivity (Wildman–Crippen MR) is 89.6 cm³/mol. The minimum Gasteiger partial charge on any atom is -0.334 e. The highest BCUT2D eigenvalue weighted by Crippen LogP contribution is 2.21. The van der Waals surface area contributed by atoms with Gasteiger partial charge in [0.05, 0.1) is 6.20 Å². The third-order valence-electron chi connectivity index (χ3n) is 3.88. The summed E-state index contributed by atoms with van der Waals surface area (Å²) in [5.41, 5.74) is 1.86. The average molecular weight is 328 g/mol. The lowest BCUT2D eigenvalue weighted by Crippen LogP contribution is -2.28. The van der Waals surface area contributed by atoms with Gasteiger partial charge in [0.2, 0.25) is 5.91 Å². The zero-order chi connectivity index (χ0) is 16.9. The summed E-state index contributed by atoms with van der Waals surface area (Å²) in [6, 6.07) is 7.30. The van der Waals surface area contributed by atoms with Crippen LogP contribution in [0.5, 0.6) is 0 Å². The van der Waals surface area contributed by atoms with Crippen molar-refractivity contribution in [2.75, 3.05) is 16.8 Å². The Kier molecular flexibility index (Phi) is 4.74. The molecule has 1 aliphatic rings. The molecule has 1 aromatic heterocycles. The Morgan fingerprint density at radius 1 is 1.29 bits per heavy atom. The first kappa shape index (κ1) is 16.0. The van der Waals surface area contributed by atoms with Crippen molar-refractivity contribution in [3.63, 3.8) is 0 Å². The van der Waals surface area contributed by atoms with E-state index in [2.05, 4.69) is 20.9 Å². The quantitative estimate of drug-likeness (QED) is 0.874. The molecule has 0 radical (unpaired) electrons. The van der Waals surface area contributed by atoms with Crippen molar-refractivity contribution in [2.24, 2.45) is 0 Å². The molecule has 0 aliphatic carbocycles. The highest BCUT2D eigenvalue weighted by Gasteiger charge is 2.21. The van der Waals surface area contributed by atoms with Gasteiger partial charge in [-0.15, -0.1) is 5.10 Å². The number of aryl methyl sites for hydroxylation is 1. The molecule has 1 saturated heterocycles. The fraction of sp³-hybridized carbons (Fsp3) is 0.375. The molecule has 8 nitrogen and oxygen atoms in total. The maximum Gasteiger partial charge on any atom is 0.320 e. The fourth-order valence-electron chi connectivity index (χ4n) is 2.57. The van der Waals surface area contributed by atoms with E-state index in [0.717, 1.165) is 24.2 Å². The number of rotatable bonds is 5.